The molecule has 6 aromatic carbocycles. The van der Waals surface area contributed by atoms with Gasteiger partial charge in [-0.2, -0.15) is 0 Å². The lowest BCUT2D eigenvalue weighted by molar-refractivity contribution is 0.648. The average Bonchev–Trinajstić information content (AvgIpc) is 3.84. The molecular weight excluding hydrogens is 741 g/mol. The Kier molecular flexibility index (Phi) is 9.19. The molecule has 294 valence electrons. The molecule has 0 radical (unpaired) electrons. The molecule has 8 aromatic rings. The molecule has 0 amide bonds. The van der Waals surface area contributed by atoms with Gasteiger partial charge in [0.2, 0.25) is 0 Å². The summed E-state index contributed by atoms with van der Waals surface area (Å²) in [6.07, 6.45) is 24.9. The Hall–Kier alpha value is -7.43. The molecule has 3 aliphatic carbocycles. The molecule has 4 nitrogen and oxygen atoms in total. The van der Waals surface area contributed by atoms with E-state index in [0.717, 1.165) is 76.2 Å². The third-order valence-corrected chi connectivity index (χ3v) is 12.7. The zero-order valence-electron chi connectivity index (χ0n) is 34.1. The molecule has 0 aliphatic heterocycles. The highest BCUT2D eigenvalue weighted by molar-refractivity contribution is 6.12. The second kappa shape index (κ2) is 15.3. The third-order valence-electron chi connectivity index (χ3n) is 12.7. The first-order valence-corrected chi connectivity index (χ1v) is 21.5. The van der Waals surface area contributed by atoms with E-state index in [1.165, 1.54) is 54.7 Å². The fraction of sp³-hybridized carbons (Fsp3) is 0.105. The van der Waals surface area contributed by atoms with E-state index in [4.69, 9.17) is 10.7 Å². The fourth-order valence-corrected chi connectivity index (χ4v) is 9.67. The SMILES string of the molecule is C=c1ccccc1=C(N=C(N)C1=CC(c2cccc(-n3c4ccccc4c4cc(-c5ccc6c7ccccc7n(C7C=CC=CC7)c6c5)ccc43)c2)=CCC1)C1=CCCC=C1. The number of para-hydroxylation sites is 2. The van der Waals surface area contributed by atoms with Crippen molar-refractivity contribution in [1.82, 2.24) is 9.13 Å². The van der Waals surface area contributed by atoms with Crippen LogP contribution in [0.2, 0.25) is 0 Å². The predicted octanol–water partition coefficient (Wildman–Crippen LogP) is 12.6. The van der Waals surface area contributed by atoms with E-state index in [-0.39, 0.29) is 6.04 Å². The van der Waals surface area contributed by atoms with Crippen LogP contribution >= 0.6 is 0 Å². The zero-order valence-corrected chi connectivity index (χ0v) is 34.1. The lowest BCUT2D eigenvalue weighted by Gasteiger charge is -2.18. The first-order valence-electron chi connectivity index (χ1n) is 21.5. The highest BCUT2D eigenvalue weighted by Crippen LogP contribution is 2.39. The van der Waals surface area contributed by atoms with Gasteiger partial charge in [0.25, 0.3) is 0 Å². The third kappa shape index (κ3) is 6.52. The normalized spacial score (nSPS) is 17.3. The molecular formula is C57H46N4. The zero-order chi connectivity index (χ0) is 40.9. The van der Waals surface area contributed by atoms with Gasteiger partial charge in [0.1, 0.15) is 5.84 Å². The summed E-state index contributed by atoms with van der Waals surface area (Å²) in [5.41, 5.74) is 20.7. The van der Waals surface area contributed by atoms with Crippen molar-refractivity contribution in [2.75, 3.05) is 0 Å². The summed E-state index contributed by atoms with van der Waals surface area (Å²) < 4.78 is 4.94. The number of nitrogens with two attached hydrogens (primary N) is 1. The number of aliphatic imine (C=N–C) groups is 1. The number of hydrogen-bond acceptors (Lipinski definition) is 1. The maximum Gasteiger partial charge on any atom is 0.127 e. The number of fused-ring (bicyclic) bond motifs is 6. The summed E-state index contributed by atoms with van der Waals surface area (Å²) in [7, 11) is 0. The smallest absolute Gasteiger partial charge is 0.127 e. The second-order valence-electron chi connectivity index (χ2n) is 16.4. The standard InChI is InChI=1S/C57H46N4/c1-38-16-8-9-25-47(38)56(39-17-4-2-5-18-39)59-57(58)44-21-14-19-40(34-44)41-20-15-24-46(35-41)61-53-29-13-11-27-49(53)51-36-42(31-33-54(51)61)43-30-32-50-48-26-10-12-28-52(48)60(55(50)37-43)45-22-6-3-7-23-45/h3-4,6-13,15-20,22,24-37,45H,1-2,5,14,21,23H2,(H2,58,59). The van der Waals surface area contributed by atoms with E-state index in [1.807, 2.05) is 18.2 Å². The van der Waals surface area contributed by atoms with Crippen LogP contribution in [0.5, 0.6) is 0 Å². The summed E-state index contributed by atoms with van der Waals surface area (Å²) in [4.78, 5) is 5.13. The van der Waals surface area contributed by atoms with Gasteiger partial charge >= 0.3 is 0 Å². The molecule has 3 aliphatic rings. The van der Waals surface area contributed by atoms with Gasteiger partial charge in [0.05, 0.1) is 28.3 Å². The fourth-order valence-electron chi connectivity index (χ4n) is 9.67. The molecule has 2 N–H and O–H groups in total. The molecule has 2 heterocycles. The van der Waals surface area contributed by atoms with Crippen LogP contribution in [0.25, 0.3) is 78.3 Å². The number of allylic oxidation sites excluding steroid dienone is 9. The number of benzene rings is 6. The quantitative estimate of drug-likeness (QED) is 0.127. The molecule has 0 saturated carbocycles. The van der Waals surface area contributed by atoms with E-state index in [0.29, 0.717) is 5.84 Å². The Morgan fingerprint density at radius 1 is 0.623 bits per heavy atom. The van der Waals surface area contributed by atoms with Crippen LogP contribution in [-0.2, 0) is 0 Å². The monoisotopic (exact) mass is 786 g/mol. The van der Waals surface area contributed by atoms with E-state index in [2.05, 4.69) is 186 Å². The predicted molar refractivity (Wildman–Crippen MR) is 259 cm³/mol. The van der Waals surface area contributed by atoms with E-state index >= 15 is 0 Å². The summed E-state index contributed by atoms with van der Waals surface area (Å²) in [5, 5.41) is 7.02. The van der Waals surface area contributed by atoms with Crippen molar-refractivity contribution < 1.29 is 0 Å². The Morgan fingerprint density at radius 3 is 2.23 bits per heavy atom. The maximum absolute atomic E-state index is 6.91. The van der Waals surface area contributed by atoms with Gasteiger partial charge in [0.15, 0.2) is 0 Å². The van der Waals surface area contributed by atoms with E-state index in [9.17, 15) is 0 Å². The molecule has 0 spiro atoms. The van der Waals surface area contributed by atoms with Gasteiger partial charge in [-0.25, -0.2) is 4.99 Å². The van der Waals surface area contributed by atoms with Gasteiger partial charge in [-0.1, -0.05) is 146 Å². The molecule has 1 unspecified atom stereocenters. The molecule has 11 rings (SSSR count). The van der Waals surface area contributed by atoms with Crippen molar-refractivity contribution >= 4 is 67.3 Å². The van der Waals surface area contributed by atoms with Crippen LogP contribution in [0, 0.1) is 0 Å². The van der Waals surface area contributed by atoms with Crippen LogP contribution in [-0.4, -0.2) is 15.0 Å². The van der Waals surface area contributed by atoms with Crippen molar-refractivity contribution in [3.63, 3.8) is 0 Å². The lowest BCUT2D eigenvalue weighted by Crippen LogP contribution is -2.26. The minimum atomic E-state index is 0.283. The van der Waals surface area contributed by atoms with Crippen molar-refractivity contribution in [2.24, 2.45) is 10.7 Å². The lowest BCUT2D eigenvalue weighted by atomic mass is 9.93. The van der Waals surface area contributed by atoms with Crippen LogP contribution < -0.4 is 16.2 Å². The van der Waals surface area contributed by atoms with Gasteiger partial charge in [-0.15, -0.1) is 0 Å². The first kappa shape index (κ1) is 36.6. The minimum absolute atomic E-state index is 0.283. The number of aromatic nitrogens is 2. The Balaban J connectivity index is 0.974. The Morgan fingerprint density at radius 2 is 1.39 bits per heavy atom. The largest absolute Gasteiger partial charge is 0.383 e. The molecule has 0 bridgehead atoms. The molecule has 0 fully saturated rings. The summed E-state index contributed by atoms with van der Waals surface area (Å²) in [5.74, 6) is 0.557. The van der Waals surface area contributed by atoms with Crippen molar-refractivity contribution in [3.8, 4) is 16.8 Å². The molecule has 4 heteroatoms. The van der Waals surface area contributed by atoms with Gasteiger partial charge in [-0.05, 0) is 119 Å². The summed E-state index contributed by atoms with van der Waals surface area (Å²) >= 11 is 0. The van der Waals surface area contributed by atoms with Crippen molar-refractivity contribution in [3.05, 3.63) is 215 Å². The highest BCUT2D eigenvalue weighted by Gasteiger charge is 2.20. The van der Waals surface area contributed by atoms with Crippen molar-refractivity contribution in [2.45, 2.75) is 38.1 Å². The Bertz CT molecular complexity index is 3430. The molecule has 0 saturated heterocycles. The number of rotatable bonds is 7. The van der Waals surface area contributed by atoms with Crippen molar-refractivity contribution in [1.29, 1.82) is 0 Å². The first-order chi connectivity index (χ1) is 30.1. The number of nitrogens with zero attached hydrogens (tertiary/aromatic N) is 3. The van der Waals surface area contributed by atoms with Crippen LogP contribution in [0.4, 0.5) is 0 Å². The maximum atomic E-state index is 6.91. The summed E-state index contributed by atoms with van der Waals surface area (Å²) in [6.45, 7) is 4.31. The van der Waals surface area contributed by atoms with Crippen LogP contribution in [0.3, 0.4) is 0 Å². The Labute approximate surface area is 356 Å². The van der Waals surface area contributed by atoms with Gasteiger partial charge in [-0.3, -0.25) is 0 Å². The number of amidine groups is 1. The molecule has 2 aromatic heterocycles. The second-order valence-corrected chi connectivity index (χ2v) is 16.4. The topological polar surface area (TPSA) is 48.2 Å². The van der Waals surface area contributed by atoms with Gasteiger partial charge in [0, 0.05) is 38.0 Å². The minimum Gasteiger partial charge on any atom is -0.383 e. The van der Waals surface area contributed by atoms with Crippen LogP contribution in [0.1, 0.15) is 43.7 Å². The van der Waals surface area contributed by atoms with Crippen LogP contribution in [0.15, 0.2) is 204 Å². The molecule has 1 atom stereocenters. The van der Waals surface area contributed by atoms with E-state index < -0.39 is 0 Å². The highest BCUT2D eigenvalue weighted by atomic mass is 15.0. The summed E-state index contributed by atoms with van der Waals surface area (Å²) in [6, 6.07) is 48.9. The van der Waals surface area contributed by atoms with Gasteiger partial charge < -0.3 is 14.9 Å². The van der Waals surface area contributed by atoms with E-state index in [1.54, 1.807) is 0 Å². The molecule has 61 heavy (non-hydrogen) atoms. The number of hydrogen-bond donors (Lipinski definition) is 1. The average molecular weight is 787 g/mol.